The summed E-state index contributed by atoms with van der Waals surface area (Å²) in [6, 6.07) is 4.49. The summed E-state index contributed by atoms with van der Waals surface area (Å²) in [6.07, 6.45) is 0.642. The van der Waals surface area contributed by atoms with Crippen molar-refractivity contribution in [2.24, 2.45) is 0 Å². The van der Waals surface area contributed by atoms with Crippen LogP contribution in [-0.2, 0) is 9.84 Å². The van der Waals surface area contributed by atoms with Gasteiger partial charge in [0.1, 0.15) is 0 Å². The largest absolute Gasteiger partial charge is 0.398 e. The van der Waals surface area contributed by atoms with Crippen LogP contribution in [0.2, 0.25) is 5.02 Å². The smallest absolute Gasteiger partial charge is 0.180 e. The Hall–Kier alpha value is -0.390. The molecule has 0 radical (unpaired) electrons. The first-order chi connectivity index (χ1) is 7.97. The molecule has 0 saturated heterocycles. The molecule has 0 aliphatic carbocycles. The van der Waals surface area contributed by atoms with Gasteiger partial charge in [-0.05, 0) is 36.1 Å². The third-order valence-corrected chi connectivity index (χ3v) is 5.30. The van der Waals surface area contributed by atoms with Gasteiger partial charge >= 0.3 is 0 Å². The molecule has 0 aromatic heterocycles. The highest BCUT2D eigenvalue weighted by atomic mass is 35.5. The Bertz CT molecular complexity index is 474. The second-order valence-corrected chi connectivity index (χ2v) is 7.46. The minimum atomic E-state index is -3.29. The van der Waals surface area contributed by atoms with E-state index in [0.717, 1.165) is 11.5 Å². The predicted molar refractivity (Wildman–Crippen MR) is 75.5 cm³/mol. The molecule has 0 heterocycles. The molecule has 1 rings (SSSR count). The van der Waals surface area contributed by atoms with E-state index in [1.807, 2.05) is 0 Å². The van der Waals surface area contributed by atoms with Gasteiger partial charge in [0.15, 0.2) is 9.84 Å². The fourth-order valence-electron chi connectivity index (χ4n) is 1.41. The van der Waals surface area contributed by atoms with Crippen molar-refractivity contribution in [1.82, 2.24) is 0 Å². The minimum Gasteiger partial charge on any atom is -0.398 e. The second-order valence-electron chi connectivity index (χ2n) is 3.55. The Morgan fingerprint density at radius 2 is 2.12 bits per heavy atom. The summed E-state index contributed by atoms with van der Waals surface area (Å²) in [5, 5.41) is 0.447. The van der Waals surface area contributed by atoms with E-state index in [-0.39, 0.29) is 16.3 Å². The van der Waals surface area contributed by atoms with Crippen molar-refractivity contribution in [3.05, 3.63) is 23.2 Å². The van der Waals surface area contributed by atoms with Crippen LogP contribution in [0.5, 0.6) is 0 Å². The summed E-state index contributed by atoms with van der Waals surface area (Å²) in [5.74, 6) is 1.98. The van der Waals surface area contributed by atoms with Crippen LogP contribution in [0.4, 0.5) is 5.69 Å². The Labute approximate surface area is 112 Å². The van der Waals surface area contributed by atoms with E-state index in [0.29, 0.717) is 11.4 Å². The summed E-state index contributed by atoms with van der Waals surface area (Å²) < 4.78 is 24.0. The molecule has 0 spiro atoms. The highest BCUT2D eigenvalue weighted by molar-refractivity contribution is 7.99. The first kappa shape index (κ1) is 14.7. The Kier molecular flexibility index (Phi) is 5.62. The third-order valence-electron chi connectivity index (χ3n) is 2.21. The maximum Gasteiger partial charge on any atom is 0.180 e. The average Bonchev–Trinajstić information content (AvgIpc) is 2.24. The zero-order chi connectivity index (χ0) is 12.9. The molecule has 0 aliphatic rings. The molecule has 0 unspecified atom stereocenters. The Morgan fingerprint density at radius 3 is 2.71 bits per heavy atom. The highest BCUT2D eigenvalue weighted by Crippen LogP contribution is 2.24. The topological polar surface area (TPSA) is 60.2 Å². The van der Waals surface area contributed by atoms with Crippen molar-refractivity contribution in [3.8, 4) is 0 Å². The molecule has 1 aromatic carbocycles. The van der Waals surface area contributed by atoms with Crippen molar-refractivity contribution in [2.45, 2.75) is 18.2 Å². The van der Waals surface area contributed by atoms with Crippen LogP contribution in [-0.4, -0.2) is 25.7 Å². The molecule has 0 amide bonds. The lowest BCUT2D eigenvalue weighted by molar-refractivity contribution is 0.595. The van der Waals surface area contributed by atoms with Crippen LogP contribution >= 0.6 is 23.4 Å². The van der Waals surface area contributed by atoms with Crippen LogP contribution in [0.15, 0.2) is 23.1 Å². The van der Waals surface area contributed by atoms with Gasteiger partial charge in [0.05, 0.1) is 16.3 Å². The Morgan fingerprint density at radius 1 is 1.41 bits per heavy atom. The number of anilines is 1. The van der Waals surface area contributed by atoms with Gasteiger partial charge in [0, 0.05) is 5.02 Å². The SMILES string of the molecule is CCSCCCS(=O)(=O)c1ccc(Cl)cc1N. The molecule has 0 bridgehead atoms. The van der Waals surface area contributed by atoms with Crippen LogP contribution in [0.3, 0.4) is 0 Å². The predicted octanol–water partition coefficient (Wildman–Crippen LogP) is 2.84. The zero-order valence-corrected chi connectivity index (χ0v) is 12.0. The van der Waals surface area contributed by atoms with Crippen LogP contribution < -0.4 is 5.73 Å². The van der Waals surface area contributed by atoms with Gasteiger partial charge in [-0.25, -0.2) is 8.42 Å². The van der Waals surface area contributed by atoms with Gasteiger partial charge in [-0.15, -0.1) is 0 Å². The Balaban J connectivity index is 2.76. The highest BCUT2D eigenvalue weighted by Gasteiger charge is 2.17. The monoisotopic (exact) mass is 293 g/mol. The first-order valence-corrected chi connectivity index (χ1v) is 8.51. The molecule has 96 valence electrons. The number of thioether (sulfide) groups is 1. The summed E-state index contributed by atoms with van der Waals surface area (Å²) in [5.41, 5.74) is 5.89. The molecule has 0 fully saturated rings. The van der Waals surface area contributed by atoms with Gasteiger partial charge in [0.2, 0.25) is 0 Å². The van der Waals surface area contributed by atoms with Crippen molar-refractivity contribution in [2.75, 3.05) is 23.0 Å². The summed E-state index contributed by atoms with van der Waals surface area (Å²) in [6.45, 7) is 2.05. The number of rotatable bonds is 6. The van der Waals surface area contributed by atoms with Gasteiger partial charge < -0.3 is 5.73 Å². The normalized spacial score (nSPS) is 11.6. The average molecular weight is 294 g/mol. The molecular formula is C11H16ClNO2S2. The number of nitrogen functional groups attached to an aromatic ring is 1. The maximum atomic E-state index is 12.0. The van der Waals surface area contributed by atoms with Gasteiger partial charge in [-0.2, -0.15) is 11.8 Å². The van der Waals surface area contributed by atoms with Crippen molar-refractivity contribution < 1.29 is 8.42 Å². The molecule has 0 atom stereocenters. The van der Waals surface area contributed by atoms with E-state index in [1.165, 1.54) is 12.1 Å². The van der Waals surface area contributed by atoms with E-state index in [9.17, 15) is 8.42 Å². The van der Waals surface area contributed by atoms with Crippen LogP contribution in [0.1, 0.15) is 13.3 Å². The lowest BCUT2D eigenvalue weighted by Gasteiger charge is -2.07. The second kappa shape index (κ2) is 6.52. The van der Waals surface area contributed by atoms with Crippen LogP contribution in [0, 0.1) is 0 Å². The van der Waals surface area contributed by atoms with E-state index in [1.54, 1.807) is 17.8 Å². The lowest BCUT2D eigenvalue weighted by atomic mass is 10.3. The molecule has 0 saturated carbocycles. The molecular weight excluding hydrogens is 278 g/mol. The number of hydrogen-bond donors (Lipinski definition) is 1. The van der Waals surface area contributed by atoms with E-state index in [2.05, 4.69) is 6.92 Å². The number of hydrogen-bond acceptors (Lipinski definition) is 4. The molecule has 2 N–H and O–H groups in total. The van der Waals surface area contributed by atoms with E-state index >= 15 is 0 Å². The number of nitrogens with two attached hydrogens (primary N) is 1. The standard InChI is InChI=1S/C11H16ClNO2S2/c1-2-16-6-3-7-17(14,15)11-5-4-9(12)8-10(11)13/h4-5,8H,2-3,6-7,13H2,1H3. The first-order valence-electron chi connectivity index (χ1n) is 5.33. The van der Waals surface area contributed by atoms with Crippen molar-refractivity contribution >= 4 is 38.9 Å². The third kappa shape index (κ3) is 4.41. The zero-order valence-electron chi connectivity index (χ0n) is 9.65. The van der Waals surface area contributed by atoms with E-state index < -0.39 is 9.84 Å². The quantitative estimate of drug-likeness (QED) is 0.647. The number of benzene rings is 1. The lowest BCUT2D eigenvalue weighted by Crippen LogP contribution is -2.10. The van der Waals surface area contributed by atoms with Gasteiger partial charge in [0.25, 0.3) is 0 Å². The van der Waals surface area contributed by atoms with Gasteiger partial charge in [-0.3, -0.25) is 0 Å². The summed E-state index contributed by atoms with van der Waals surface area (Å²) in [4.78, 5) is 0.184. The number of halogens is 1. The number of sulfone groups is 1. The summed E-state index contributed by atoms with van der Waals surface area (Å²) >= 11 is 7.47. The van der Waals surface area contributed by atoms with Crippen molar-refractivity contribution in [1.29, 1.82) is 0 Å². The summed E-state index contributed by atoms with van der Waals surface area (Å²) in [7, 11) is -3.29. The molecule has 6 heteroatoms. The minimum absolute atomic E-state index is 0.131. The molecule has 0 aliphatic heterocycles. The van der Waals surface area contributed by atoms with Crippen LogP contribution in [0.25, 0.3) is 0 Å². The van der Waals surface area contributed by atoms with E-state index in [4.69, 9.17) is 17.3 Å². The fourth-order valence-corrected chi connectivity index (χ4v) is 3.85. The molecule has 3 nitrogen and oxygen atoms in total. The molecule has 1 aromatic rings. The van der Waals surface area contributed by atoms with Crippen molar-refractivity contribution in [3.63, 3.8) is 0 Å². The maximum absolute atomic E-state index is 12.0. The fraction of sp³-hybridized carbons (Fsp3) is 0.455. The van der Waals surface area contributed by atoms with Gasteiger partial charge in [-0.1, -0.05) is 18.5 Å². The molecule has 17 heavy (non-hydrogen) atoms.